The van der Waals surface area contributed by atoms with E-state index in [2.05, 4.69) is 21.2 Å². The first-order valence-electron chi connectivity index (χ1n) is 5.06. The summed E-state index contributed by atoms with van der Waals surface area (Å²) in [6.07, 6.45) is 0. The van der Waals surface area contributed by atoms with Crippen molar-refractivity contribution in [2.75, 3.05) is 11.9 Å². The minimum atomic E-state index is -0.293. The highest BCUT2D eigenvalue weighted by molar-refractivity contribution is 9.10. The van der Waals surface area contributed by atoms with Gasteiger partial charge in [-0.3, -0.25) is 0 Å². The van der Waals surface area contributed by atoms with E-state index < -0.39 is 0 Å². The number of nitrogens with one attached hydrogen (secondary N) is 1. The Labute approximate surface area is 111 Å². The topological polar surface area (TPSA) is 32.3 Å². The summed E-state index contributed by atoms with van der Waals surface area (Å²) in [6.45, 7) is -0.0382. The van der Waals surface area contributed by atoms with Crippen LogP contribution in [0.2, 0.25) is 0 Å². The van der Waals surface area contributed by atoms with Crippen molar-refractivity contribution in [2.45, 2.75) is 6.04 Å². The zero-order valence-electron chi connectivity index (χ0n) is 8.86. The van der Waals surface area contributed by atoms with Crippen LogP contribution in [0, 0.1) is 5.82 Å². The van der Waals surface area contributed by atoms with Crippen LogP contribution in [0.1, 0.15) is 10.9 Å². The van der Waals surface area contributed by atoms with Crippen LogP contribution in [0.15, 0.2) is 40.2 Å². The van der Waals surface area contributed by atoms with Gasteiger partial charge in [-0.25, -0.2) is 4.39 Å². The highest BCUT2D eigenvalue weighted by Gasteiger charge is 2.12. The number of rotatable bonds is 4. The molecule has 0 saturated heterocycles. The zero-order chi connectivity index (χ0) is 12.3. The molecule has 0 fully saturated rings. The molecule has 0 bridgehead atoms. The van der Waals surface area contributed by atoms with Crippen LogP contribution in [-0.2, 0) is 0 Å². The normalized spacial score (nSPS) is 12.4. The summed E-state index contributed by atoms with van der Waals surface area (Å²) in [5.41, 5.74) is 0.661. The fourth-order valence-electron chi connectivity index (χ4n) is 1.50. The van der Waals surface area contributed by atoms with Crippen LogP contribution < -0.4 is 5.32 Å². The van der Waals surface area contributed by atoms with Crippen LogP contribution in [0.5, 0.6) is 0 Å². The maximum Gasteiger partial charge on any atom is 0.125 e. The molecule has 90 valence electrons. The van der Waals surface area contributed by atoms with E-state index in [9.17, 15) is 9.50 Å². The Balaban J connectivity index is 2.15. The summed E-state index contributed by atoms with van der Waals surface area (Å²) in [7, 11) is 0. The third kappa shape index (κ3) is 3.28. The van der Waals surface area contributed by atoms with Crippen molar-refractivity contribution in [3.63, 3.8) is 0 Å². The Morgan fingerprint density at radius 1 is 1.41 bits per heavy atom. The molecule has 2 nitrogen and oxygen atoms in total. The van der Waals surface area contributed by atoms with E-state index in [0.717, 1.165) is 9.35 Å². The van der Waals surface area contributed by atoms with Gasteiger partial charge >= 0.3 is 0 Å². The Bertz CT molecular complexity index is 503. The van der Waals surface area contributed by atoms with Gasteiger partial charge in [0.25, 0.3) is 0 Å². The van der Waals surface area contributed by atoms with E-state index in [1.807, 2.05) is 11.4 Å². The Morgan fingerprint density at radius 3 is 2.82 bits per heavy atom. The van der Waals surface area contributed by atoms with Gasteiger partial charge in [-0.15, -0.1) is 11.3 Å². The molecule has 1 atom stereocenters. The highest BCUT2D eigenvalue weighted by atomic mass is 79.9. The van der Waals surface area contributed by atoms with E-state index >= 15 is 0 Å². The lowest BCUT2D eigenvalue weighted by molar-refractivity contribution is 0.277. The Hall–Kier alpha value is -0.910. The summed E-state index contributed by atoms with van der Waals surface area (Å²) >= 11 is 4.91. The monoisotopic (exact) mass is 315 g/mol. The largest absolute Gasteiger partial charge is 0.394 e. The van der Waals surface area contributed by atoms with Gasteiger partial charge in [-0.05, 0) is 40.2 Å². The van der Waals surface area contributed by atoms with Crippen molar-refractivity contribution in [2.24, 2.45) is 0 Å². The van der Waals surface area contributed by atoms with Crippen molar-refractivity contribution >= 4 is 33.0 Å². The van der Waals surface area contributed by atoms with Gasteiger partial charge in [-0.2, -0.15) is 0 Å². The predicted octanol–water partition coefficient (Wildman–Crippen LogP) is 3.80. The molecule has 2 rings (SSSR count). The third-order valence-corrected chi connectivity index (χ3v) is 4.09. The van der Waals surface area contributed by atoms with Crippen LogP contribution in [-0.4, -0.2) is 11.7 Å². The predicted molar refractivity (Wildman–Crippen MR) is 71.9 cm³/mol. The van der Waals surface area contributed by atoms with E-state index in [1.165, 1.54) is 12.1 Å². The zero-order valence-corrected chi connectivity index (χ0v) is 11.3. The number of hydrogen-bond donors (Lipinski definition) is 2. The smallest absolute Gasteiger partial charge is 0.125 e. The van der Waals surface area contributed by atoms with Gasteiger partial charge in [0.2, 0.25) is 0 Å². The molecule has 1 aromatic heterocycles. The fourth-order valence-corrected chi connectivity index (χ4v) is 2.99. The second kappa shape index (κ2) is 5.62. The molecule has 0 aliphatic heterocycles. The highest BCUT2D eigenvalue weighted by Crippen LogP contribution is 2.28. The van der Waals surface area contributed by atoms with Crippen molar-refractivity contribution in [3.8, 4) is 0 Å². The van der Waals surface area contributed by atoms with E-state index in [1.54, 1.807) is 23.5 Å². The number of thiophene rings is 1. The van der Waals surface area contributed by atoms with Gasteiger partial charge in [0, 0.05) is 20.4 Å². The molecule has 1 unspecified atom stereocenters. The lowest BCUT2D eigenvalue weighted by atomic mass is 10.2. The van der Waals surface area contributed by atoms with Crippen LogP contribution in [0.3, 0.4) is 0 Å². The van der Waals surface area contributed by atoms with E-state index in [4.69, 9.17) is 0 Å². The molecular weight excluding hydrogens is 305 g/mol. The average molecular weight is 316 g/mol. The summed E-state index contributed by atoms with van der Waals surface area (Å²) < 4.78 is 14.0. The van der Waals surface area contributed by atoms with E-state index in [0.29, 0.717) is 5.69 Å². The maximum absolute atomic E-state index is 13.0. The molecule has 2 N–H and O–H groups in total. The van der Waals surface area contributed by atoms with E-state index in [-0.39, 0.29) is 18.5 Å². The molecule has 0 amide bonds. The SMILES string of the molecule is OCC(Nc1cccc(F)c1)c1cc(Br)cs1. The molecule has 0 aliphatic rings. The van der Waals surface area contributed by atoms with Gasteiger partial charge in [0.05, 0.1) is 12.6 Å². The van der Waals surface area contributed by atoms with Gasteiger partial charge in [0.15, 0.2) is 0 Å². The number of aliphatic hydroxyl groups is 1. The van der Waals surface area contributed by atoms with Crippen molar-refractivity contribution < 1.29 is 9.50 Å². The first-order valence-corrected chi connectivity index (χ1v) is 6.73. The maximum atomic E-state index is 13.0. The van der Waals surface area contributed by atoms with Crippen molar-refractivity contribution in [3.05, 3.63) is 50.9 Å². The number of hydrogen-bond acceptors (Lipinski definition) is 3. The van der Waals surface area contributed by atoms with Crippen LogP contribution >= 0.6 is 27.3 Å². The second-order valence-electron chi connectivity index (χ2n) is 3.56. The second-order valence-corrected chi connectivity index (χ2v) is 5.42. The van der Waals surface area contributed by atoms with Gasteiger partial charge < -0.3 is 10.4 Å². The van der Waals surface area contributed by atoms with Crippen LogP contribution in [0.4, 0.5) is 10.1 Å². The summed E-state index contributed by atoms with van der Waals surface area (Å²) in [6, 6.07) is 7.93. The standard InChI is InChI=1S/C12H11BrFNOS/c13-8-4-12(17-7-8)11(6-16)15-10-3-1-2-9(14)5-10/h1-5,7,11,15-16H,6H2. The summed E-state index contributed by atoms with van der Waals surface area (Å²) in [5.74, 6) is -0.293. The van der Waals surface area contributed by atoms with Crippen LogP contribution in [0.25, 0.3) is 0 Å². The lowest BCUT2D eigenvalue weighted by Crippen LogP contribution is -2.13. The third-order valence-electron chi connectivity index (χ3n) is 2.28. The minimum Gasteiger partial charge on any atom is -0.394 e. The molecule has 0 spiro atoms. The number of anilines is 1. The minimum absolute atomic E-state index is 0.0382. The fraction of sp³-hybridized carbons (Fsp3) is 0.167. The van der Waals surface area contributed by atoms with Gasteiger partial charge in [-0.1, -0.05) is 6.07 Å². The molecule has 17 heavy (non-hydrogen) atoms. The van der Waals surface area contributed by atoms with Gasteiger partial charge in [0.1, 0.15) is 5.82 Å². The quantitative estimate of drug-likeness (QED) is 0.899. The number of benzene rings is 1. The molecule has 1 aromatic carbocycles. The van der Waals surface area contributed by atoms with Crippen molar-refractivity contribution in [1.29, 1.82) is 0 Å². The molecule has 0 radical (unpaired) electrons. The number of aliphatic hydroxyl groups excluding tert-OH is 1. The summed E-state index contributed by atoms with van der Waals surface area (Å²) in [5, 5.41) is 14.4. The molecule has 0 saturated carbocycles. The molecule has 5 heteroatoms. The molecular formula is C12H11BrFNOS. The average Bonchev–Trinajstić information content (AvgIpc) is 2.73. The molecule has 1 heterocycles. The van der Waals surface area contributed by atoms with Crippen molar-refractivity contribution in [1.82, 2.24) is 0 Å². The summed E-state index contributed by atoms with van der Waals surface area (Å²) in [4.78, 5) is 1.00. The first-order chi connectivity index (χ1) is 8.19. The number of halogens is 2. The molecule has 2 aromatic rings. The Kier molecular flexibility index (Phi) is 4.15. The first kappa shape index (κ1) is 12.5. The Morgan fingerprint density at radius 2 is 2.24 bits per heavy atom. The molecule has 0 aliphatic carbocycles. The lowest BCUT2D eigenvalue weighted by Gasteiger charge is -2.16.